The first-order valence-corrected chi connectivity index (χ1v) is 8.84. The zero-order chi connectivity index (χ0) is 15.4. The van der Waals surface area contributed by atoms with Crippen molar-refractivity contribution in [2.24, 2.45) is 7.05 Å². The number of rotatable bonds is 7. The average Bonchev–Trinajstić information content (AvgIpc) is 3.00. The number of hydrogen-bond acceptors (Lipinski definition) is 3. The highest BCUT2D eigenvalue weighted by molar-refractivity contribution is 9.10. The fraction of sp³-hybridized carbons (Fsp3) is 0.533. The number of aromatic nitrogens is 2. The van der Waals surface area contributed by atoms with Crippen molar-refractivity contribution in [1.82, 2.24) is 15.1 Å². The molecule has 4 nitrogen and oxygen atoms in total. The Balaban J connectivity index is 2.24. The maximum atomic E-state index is 5.74. The van der Waals surface area contributed by atoms with Gasteiger partial charge in [0.1, 0.15) is 5.76 Å². The van der Waals surface area contributed by atoms with E-state index in [4.69, 9.17) is 4.42 Å². The molecule has 0 aliphatic carbocycles. The lowest BCUT2D eigenvalue weighted by Gasteiger charge is -2.16. The van der Waals surface area contributed by atoms with Gasteiger partial charge in [0.15, 0.2) is 4.67 Å². The first-order valence-electron chi connectivity index (χ1n) is 7.25. The van der Waals surface area contributed by atoms with Crippen molar-refractivity contribution in [2.75, 3.05) is 6.54 Å². The minimum atomic E-state index is 0.146. The van der Waals surface area contributed by atoms with Crippen LogP contribution in [-0.2, 0) is 19.9 Å². The second-order valence-electron chi connectivity index (χ2n) is 5.04. The summed E-state index contributed by atoms with van der Waals surface area (Å²) in [5, 5.41) is 8.12. The van der Waals surface area contributed by atoms with E-state index >= 15 is 0 Å². The van der Waals surface area contributed by atoms with Crippen LogP contribution in [0.15, 0.2) is 25.7 Å². The molecule has 2 aromatic rings. The van der Waals surface area contributed by atoms with E-state index in [1.54, 1.807) is 0 Å². The molecule has 1 unspecified atom stereocenters. The molecule has 21 heavy (non-hydrogen) atoms. The van der Waals surface area contributed by atoms with Gasteiger partial charge in [-0.3, -0.25) is 4.68 Å². The summed E-state index contributed by atoms with van der Waals surface area (Å²) < 4.78 is 9.57. The quantitative estimate of drug-likeness (QED) is 0.725. The van der Waals surface area contributed by atoms with Crippen LogP contribution in [0.3, 0.4) is 0 Å². The first kappa shape index (κ1) is 16.8. The van der Waals surface area contributed by atoms with Gasteiger partial charge in [0.05, 0.1) is 21.9 Å². The highest BCUT2D eigenvalue weighted by Gasteiger charge is 2.21. The van der Waals surface area contributed by atoms with E-state index in [-0.39, 0.29) is 6.04 Å². The van der Waals surface area contributed by atoms with Crippen LogP contribution in [0, 0.1) is 0 Å². The van der Waals surface area contributed by atoms with Crippen LogP contribution in [-0.4, -0.2) is 16.3 Å². The Kier molecular flexibility index (Phi) is 6.08. The standard InChI is InChI=1S/C15H21Br2N3O/c1-4-8-18-11(13-6-7-14(16)21-13)9-12-15(17)10(5-2)19-20(12)3/h6-7,11,18H,4-5,8-9H2,1-3H3. The van der Waals surface area contributed by atoms with E-state index in [1.165, 1.54) is 5.69 Å². The number of halogens is 2. The Bertz CT molecular complexity index is 592. The zero-order valence-corrected chi connectivity index (χ0v) is 15.8. The van der Waals surface area contributed by atoms with Crippen LogP contribution in [0.1, 0.15) is 43.5 Å². The maximum Gasteiger partial charge on any atom is 0.169 e. The zero-order valence-electron chi connectivity index (χ0n) is 12.6. The lowest BCUT2D eigenvalue weighted by Crippen LogP contribution is -2.24. The Morgan fingerprint density at radius 1 is 1.33 bits per heavy atom. The molecule has 0 amide bonds. The lowest BCUT2D eigenvalue weighted by atomic mass is 10.1. The van der Waals surface area contributed by atoms with Gasteiger partial charge >= 0.3 is 0 Å². The molecule has 6 heteroatoms. The van der Waals surface area contributed by atoms with Crippen molar-refractivity contribution in [3.63, 3.8) is 0 Å². The summed E-state index contributed by atoms with van der Waals surface area (Å²) in [6.07, 6.45) is 2.85. The fourth-order valence-corrected chi connectivity index (χ4v) is 3.44. The van der Waals surface area contributed by atoms with E-state index in [0.717, 1.165) is 46.4 Å². The summed E-state index contributed by atoms with van der Waals surface area (Å²) in [6.45, 7) is 5.24. The molecule has 116 valence electrons. The minimum Gasteiger partial charge on any atom is -0.453 e. The highest BCUT2D eigenvalue weighted by Crippen LogP contribution is 2.28. The van der Waals surface area contributed by atoms with Gasteiger partial charge in [0.2, 0.25) is 0 Å². The smallest absolute Gasteiger partial charge is 0.169 e. The molecule has 0 aliphatic heterocycles. The molecule has 2 rings (SSSR count). The third-order valence-corrected chi connectivity index (χ3v) is 4.82. The Morgan fingerprint density at radius 3 is 2.62 bits per heavy atom. The Morgan fingerprint density at radius 2 is 2.10 bits per heavy atom. The van der Waals surface area contributed by atoms with Crippen molar-refractivity contribution in [3.8, 4) is 0 Å². The molecule has 2 aromatic heterocycles. The molecular formula is C15H21Br2N3O. The predicted molar refractivity (Wildman–Crippen MR) is 91.4 cm³/mol. The number of nitrogens with zero attached hydrogens (tertiary/aromatic N) is 2. The topological polar surface area (TPSA) is 43.0 Å². The van der Waals surface area contributed by atoms with Crippen molar-refractivity contribution in [1.29, 1.82) is 0 Å². The van der Waals surface area contributed by atoms with E-state index in [2.05, 4.69) is 56.1 Å². The maximum absolute atomic E-state index is 5.74. The van der Waals surface area contributed by atoms with Gasteiger partial charge in [0.25, 0.3) is 0 Å². The van der Waals surface area contributed by atoms with Gasteiger partial charge in [-0.15, -0.1) is 0 Å². The number of furan rings is 1. The molecule has 0 saturated carbocycles. The molecule has 0 aliphatic rings. The number of aryl methyl sites for hydroxylation is 2. The monoisotopic (exact) mass is 417 g/mol. The van der Waals surface area contributed by atoms with E-state index < -0.39 is 0 Å². The van der Waals surface area contributed by atoms with Gasteiger partial charge in [-0.2, -0.15) is 5.10 Å². The second-order valence-corrected chi connectivity index (χ2v) is 6.61. The predicted octanol–water partition coefficient (Wildman–Crippen LogP) is 4.38. The van der Waals surface area contributed by atoms with Crippen LogP contribution in [0.2, 0.25) is 0 Å². The van der Waals surface area contributed by atoms with Crippen LogP contribution >= 0.6 is 31.9 Å². The molecular weight excluding hydrogens is 398 g/mol. The van der Waals surface area contributed by atoms with Gasteiger partial charge in [-0.05, 0) is 63.4 Å². The highest BCUT2D eigenvalue weighted by atomic mass is 79.9. The van der Waals surface area contributed by atoms with Crippen molar-refractivity contribution in [2.45, 2.75) is 39.2 Å². The minimum absolute atomic E-state index is 0.146. The molecule has 0 aromatic carbocycles. The lowest BCUT2D eigenvalue weighted by molar-refractivity contribution is 0.394. The third-order valence-electron chi connectivity index (χ3n) is 3.48. The molecule has 1 atom stereocenters. The molecule has 0 saturated heterocycles. The number of hydrogen-bond donors (Lipinski definition) is 1. The van der Waals surface area contributed by atoms with Gasteiger partial charge in [0, 0.05) is 13.5 Å². The molecule has 0 bridgehead atoms. The van der Waals surface area contributed by atoms with Gasteiger partial charge in [-0.25, -0.2) is 0 Å². The first-order chi connectivity index (χ1) is 10.1. The summed E-state index contributed by atoms with van der Waals surface area (Å²) in [5.74, 6) is 0.946. The summed E-state index contributed by atoms with van der Waals surface area (Å²) in [5.41, 5.74) is 2.29. The van der Waals surface area contributed by atoms with E-state index in [9.17, 15) is 0 Å². The van der Waals surface area contributed by atoms with E-state index in [0.29, 0.717) is 0 Å². The van der Waals surface area contributed by atoms with Crippen molar-refractivity contribution < 1.29 is 4.42 Å². The van der Waals surface area contributed by atoms with E-state index in [1.807, 2.05) is 23.9 Å². The Hall–Kier alpha value is -0.590. The number of nitrogens with one attached hydrogen (secondary N) is 1. The fourth-order valence-electron chi connectivity index (χ4n) is 2.34. The molecule has 2 heterocycles. The van der Waals surface area contributed by atoms with Gasteiger partial charge < -0.3 is 9.73 Å². The SMILES string of the molecule is CCCNC(Cc1c(Br)c(CC)nn1C)c1ccc(Br)o1. The molecule has 0 fully saturated rings. The molecule has 1 N–H and O–H groups in total. The van der Waals surface area contributed by atoms with Gasteiger partial charge in [-0.1, -0.05) is 13.8 Å². The average molecular weight is 419 g/mol. The van der Waals surface area contributed by atoms with Crippen LogP contribution in [0.4, 0.5) is 0 Å². The second kappa shape index (κ2) is 7.61. The summed E-state index contributed by atoms with van der Waals surface area (Å²) in [4.78, 5) is 0. The summed E-state index contributed by atoms with van der Waals surface area (Å²) in [6, 6.07) is 4.10. The van der Waals surface area contributed by atoms with Crippen molar-refractivity contribution in [3.05, 3.63) is 38.4 Å². The van der Waals surface area contributed by atoms with Crippen molar-refractivity contribution >= 4 is 31.9 Å². The van der Waals surface area contributed by atoms with Crippen LogP contribution in [0.5, 0.6) is 0 Å². The summed E-state index contributed by atoms with van der Waals surface area (Å²) >= 11 is 7.06. The Labute approximate surface area is 142 Å². The molecule has 0 spiro atoms. The van der Waals surface area contributed by atoms with Crippen LogP contribution in [0.25, 0.3) is 0 Å². The molecule has 0 radical (unpaired) electrons. The third kappa shape index (κ3) is 3.99. The summed E-state index contributed by atoms with van der Waals surface area (Å²) in [7, 11) is 1.99. The normalized spacial score (nSPS) is 12.8. The largest absolute Gasteiger partial charge is 0.453 e. The van der Waals surface area contributed by atoms with Crippen LogP contribution < -0.4 is 5.32 Å².